The predicted molar refractivity (Wildman–Crippen MR) is 77.4 cm³/mol. The average Bonchev–Trinajstić information content (AvgIpc) is 2.51. The molecule has 3 rings (SSSR count). The van der Waals surface area contributed by atoms with Crippen molar-refractivity contribution in [3.05, 3.63) is 60.4 Å². The average molecular weight is 261 g/mol. The van der Waals surface area contributed by atoms with Crippen LogP contribution in [0.3, 0.4) is 0 Å². The first kappa shape index (κ1) is 12.0. The molecule has 0 radical (unpaired) electrons. The maximum Gasteiger partial charge on any atom is 0.135 e. The maximum atomic E-state index is 8.91. The molecule has 0 spiro atoms. The van der Waals surface area contributed by atoms with Crippen molar-refractivity contribution in [2.45, 2.75) is 0 Å². The van der Waals surface area contributed by atoms with Crippen LogP contribution in [0.15, 0.2) is 54.9 Å². The smallest absolute Gasteiger partial charge is 0.135 e. The Bertz CT molecular complexity index is 821. The highest BCUT2D eigenvalue weighted by molar-refractivity contribution is 5.96. The number of nitriles is 1. The van der Waals surface area contributed by atoms with E-state index in [1.165, 1.54) is 0 Å². The molecule has 0 unspecified atom stereocenters. The molecule has 0 atom stereocenters. The summed E-state index contributed by atoms with van der Waals surface area (Å²) >= 11 is 0. The molecular weight excluding hydrogens is 250 g/mol. The summed E-state index contributed by atoms with van der Waals surface area (Å²) in [5.74, 6) is 1.30. The molecule has 96 valence electrons. The van der Waals surface area contributed by atoms with E-state index in [-0.39, 0.29) is 0 Å². The number of pyridine rings is 1. The third-order valence-corrected chi connectivity index (χ3v) is 3.00. The fourth-order valence-electron chi connectivity index (χ4n) is 2.03. The Morgan fingerprint density at radius 3 is 2.85 bits per heavy atom. The molecule has 0 aliphatic heterocycles. The molecule has 3 aromatic rings. The minimum Gasteiger partial charge on any atom is -0.457 e. The Hall–Kier alpha value is -3.06. The van der Waals surface area contributed by atoms with Gasteiger partial charge in [0.05, 0.1) is 11.6 Å². The third-order valence-electron chi connectivity index (χ3n) is 3.00. The van der Waals surface area contributed by atoms with Crippen molar-refractivity contribution in [2.75, 3.05) is 5.73 Å². The molecule has 0 saturated heterocycles. The number of benzene rings is 2. The number of rotatable bonds is 2. The lowest BCUT2D eigenvalue weighted by Gasteiger charge is -2.10. The van der Waals surface area contributed by atoms with Crippen LogP contribution in [0.4, 0.5) is 5.69 Å². The number of ether oxygens (including phenoxy) is 1. The van der Waals surface area contributed by atoms with E-state index in [0.717, 1.165) is 10.8 Å². The van der Waals surface area contributed by atoms with Gasteiger partial charge in [0, 0.05) is 28.9 Å². The van der Waals surface area contributed by atoms with E-state index >= 15 is 0 Å². The monoisotopic (exact) mass is 261 g/mol. The van der Waals surface area contributed by atoms with Crippen LogP contribution in [-0.4, -0.2) is 4.98 Å². The summed E-state index contributed by atoms with van der Waals surface area (Å²) in [6, 6.07) is 14.6. The van der Waals surface area contributed by atoms with Crippen LogP contribution in [0.5, 0.6) is 11.5 Å². The molecule has 2 N–H and O–H groups in total. The molecule has 0 fully saturated rings. The molecule has 0 saturated carbocycles. The lowest BCUT2D eigenvalue weighted by Crippen LogP contribution is -1.91. The summed E-state index contributed by atoms with van der Waals surface area (Å²) in [6.45, 7) is 0. The van der Waals surface area contributed by atoms with E-state index in [1.807, 2.05) is 18.2 Å². The van der Waals surface area contributed by atoms with Gasteiger partial charge in [0.15, 0.2) is 0 Å². The fourth-order valence-corrected chi connectivity index (χ4v) is 2.03. The Kier molecular flexibility index (Phi) is 2.94. The summed E-state index contributed by atoms with van der Waals surface area (Å²) in [5, 5.41) is 10.6. The fraction of sp³-hybridized carbons (Fsp3) is 0. The number of fused-ring (bicyclic) bond motifs is 1. The highest BCUT2D eigenvalue weighted by Crippen LogP contribution is 2.32. The van der Waals surface area contributed by atoms with Crippen LogP contribution in [0.1, 0.15) is 5.56 Å². The SMILES string of the molecule is N#Cc1cccc(Oc2ccc(N)c3cnccc23)c1. The lowest BCUT2D eigenvalue weighted by molar-refractivity contribution is 0.488. The van der Waals surface area contributed by atoms with Crippen LogP contribution in [0.25, 0.3) is 10.8 Å². The van der Waals surface area contributed by atoms with Gasteiger partial charge in [-0.1, -0.05) is 6.07 Å². The first-order chi connectivity index (χ1) is 9.78. The van der Waals surface area contributed by atoms with Crippen molar-refractivity contribution in [3.8, 4) is 17.6 Å². The van der Waals surface area contributed by atoms with E-state index < -0.39 is 0 Å². The van der Waals surface area contributed by atoms with Gasteiger partial charge in [-0.3, -0.25) is 4.98 Å². The number of hydrogen-bond donors (Lipinski definition) is 1. The van der Waals surface area contributed by atoms with E-state index in [4.69, 9.17) is 15.7 Å². The summed E-state index contributed by atoms with van der Waals surface area (Å²) in [5.41, 5.74) is 7.14. The summed E-state index contributed by atoms with van der Waals surface area (Å²) in [7, 11) is 0. The quantitative estimate of drug-likeness (QED) is 0.717. The molecule has 0 aliphatic rings. The van der Waals surface area contributed by atoms with Gasteiger partial charge in [0.2, 0.25) is 0 Å². The number of nitrogens with zero attached hydrogens (tertiary/aromatic N) is 2. The second kappa shape index (κ2) is 4.90. The second-order valence-electron chi connectivity index (χ2n) is 4.32. The topological polar surface area (TPSA) is 71.9 Å². The van der Waals surface area contributed by atoms with Crippen molar-refractivity contribution in [2.24, 2.45) is 0 Å². The molecule has 2 aromatic carbocycles. The van der Waals surface area contributed by atoms with Gasteiger partial charge < -0.3 is 10.5 Å². The van der Waals surface area contributed by atoms with Gasteiger partial charge in [-0.25, -0.2) is 0 Å². The van der Waals surface area contributed by atoms with Crippen molar-refractivity contribution >= 4 is 16.5 Å². The zero-order valence-electron chi connectivity index (χ0n) is 10.6. The Labute approximate surface area is 116 Å². The molecule has 4 heteroatoms. The van der Waals surface area contributed by atoms with Crippen LogP contribution in [0, 0.1) is 11.3 Å². The van der Waals surface area contributed by atoms with Gasteiger partial charge in [-0.2, -0.15) is 5.26 Å². The normalized spacial score (nSPS) is 10.2. The molecule has 1 heterocycles. The summed E-state index contributed by atoms with van der Waals surface area (Å²) in [4.78, 5) is 4.07. The van der Waals surface area contributed by atoms with Gasteiger partial charge in [0.25, 0.3) is 0 Å². The van der Waals surface area contributed by atoms with E-state index in [2.05, 4.69) is 11.1 Å². The second-order valence-corrected chi connectivity index (χ2v) is 4.32. The Balaban J connectivity index is 2.07. The minimum atomic E-state index is 0.559. The third kappa shape index (κ3) is 2.13. The Morgan fingerprint density at radius 1 is 1.10 bits per heavy atom. The van der Waals surface area contributed by atoms with Gasteiger partial charge in [-0.15, -0.1) is 0 Å². The largest absolute Gasteiger partial charge is 0.457 e. The van der Waals surface area contributed by atoms with Gasteiger partial charge in [-0.05, 0) is 36.4 Å². The number of aromatic nitrogens is 1. The van der Waals surface area contributed by atoms with Crippen molar-refractivity contribution in [3.63, 3.8) is 0 Å². The minimum absolute atomic E-state index is 0.559. The van der Waals surface area contributed by atoms with Crippen LogP contribution in [-0.2, 0) is 0 Å². The molecule has 20 heavy (non-hydrogen) atoms. The molecule has 1 aromatic heterocycles. The first-order valence-corrected chi connectivity index (χ1v) is 6.08. The molecular formula is C16H11N3O. The zero-order valence-corrected chi connectivity index (χ0v) is 10.6. The highest BCUT2D eigenvalue weighted by Gasteiger charge is 2.06. The van der Waals surface area contributed by atoms with E-state index in [9.17, 15) is 0 Å². The number of hydrogen-bond acceptors (Lipinski definition) is 4. The molecule has 0 aliphatic carbocycles. The van der Waals surface area contributed by atoms with Crippen molar-refractivity contribution < 1.29 is 4.74 Å². The zero-order chi connectivity index (χ0) is 13.9. The standard InChI is InChI=1S/C16H11N3O/c17-9-11-2-1-3-12(8-11)20-16-5-4-15(18)14-10-19-7-6-13(14)16/h1-8,10H,18H2. The first-order valence-electron chi connectivity index (χ1n) is 6.08. The molecule has 0 amide bonds. The summed E-state index contributed by atoms with van der Waals surface area (Å²) < 4.78 is 5.85. The Morgan fingerprint density at radius 2 is 2.00 bits per heavy atom. The van der Waals surface area contributed by atoms with Crippen LogP contribution in [0.2, 0.25) is 0 Å². The van der Waals surface area contributed by atoms with E-state index in [0.29, 0.717) is 22.7 Å². The van der Waals surface area contributed by atoms with Crippen LogP contribution < -0.4 is 10.5 Å². The van der Waals surface area contributed by atoms with Crippen molar-refractivity contribution in [1.29, 1.82) is 5.26 Å². The molecule has 4 nitrogen and oxygen atoms in total. The van der Waals surface area contributed by atoms with Crippen LogP contribution >= 0.6 is 0 Å². The van der Waals surface area contributed by atoms with Crippen molar-refractivity contribution in [1.82, 2.24) is 4.98 Å². The maximum absolute atomic E-state index is 8.91. The highest BCUT2D eigenvalue weighted by atomic mass is 16.5. The predicted octanol–water partition coefficient (Wildman–Crippen LogP) is 3.48. The van der Waals surface area contributed by atoms with Gasteiger partial charge >= 0.3 is 0 Å². The summed E-state index contributed by atoms with van der Waals surface area (Å²) in [6.07, 6.45) is 3.41. The van der Waals surface area contributed by atoms with Gasteiger partial charge in [0.1, 0.15) is 11.5 Å². The number of nitrogen functional groups attached to an aromatic ring is 1. The van der Waals surface area contributed by atoms with E-state index in [1.54, 1.807) is 36.7 Å². The number of anilines is 1. The number of nitrogens with two attached hydrogens (primary N) is 1. The lowest BCUT2D eigenvalue weighted by atomic mass is 10.1. The molecule has 0 bridgehead atoms.